The van der Waals surface area contributed by atoms with Crippen LogP contribution in [0.5, 0.6) is 0 Å². The van der Waals surface area contributed by atoms with Crippen LogP contribution in [0, 0.1) is 0 Å². The lowest BCUT2D eigenvalue weighted by Crippen LogP contribution is -2.41. The summed E-state index contributed by atoms with van der Waals surface area (Å²) in [5.41, 5.74) is 0. The molecule has 0 aromatic heterocycles. The maximum absolute atomic E-state index is 5.68. The third-order valence-corrected chi connectivity index (χ3v) is 4.68. The molecule has 0 bridgehead atoms. The van der Waals surface area contributed by atoms with E-state index in [0.29, 0.717) is 0 Å². The van der Waals surface area contributed by atoms with Gasteiger partial charge in [0.25, 0.3) is 0 Å². The second kappa shape index (κ2) is 9.21. The Hall–Kier alpha value is -0.160. The highest BCUT2D eigenvalue weighted by atomic mass is 16.7. The summed E-state index contributed by atoms with van der Waals surface area (Å²) in [7, 11) is 0. The van der Waals surface area contributed by atoms with Gasteiger partial charge in [-0.05, 0) is 51.9 Å². The van der Waals surface area contributed by atoms with Crippen LogP contribution in [-0.4, -0.2) is 38.0 Å². The molecule has 4 heteroatoms. The van der Waals surface area contributed by atoms with Crippen molar-refractivity contribution in [3.63, 3.8) is 0 Å². The molecule has 3 heterocycles. The highest BCUT2D eigenvalue weighted by molar-refractivity contribution is 4.76. The van der Waals surface area contributed by atoms with Crippen molar-refractivity contribution in [2.75, 3.05) is 26.4 Å². The first-order valence-electron chi connectivity index (χ1n) is 9.24. The van der Waals surface area contributed by atoms with Gasteiger partial charge in [-0.1, -0.05) is 6.92 Å². The van der Waals surface area contributed by atoms with Gasteiger partial charge in [-0.3, -0.25) is 0 Å². The van der Waals surface area contributed by atoms with Crippen LogP contribution in [0.15, 0.2) is 0 Å². The molecular weight excluding hydrogens is 280 g/mol. The largest absolute Gasteiger partial charge is 0.350 e. The van der Waals surface area contributed by atoms with E-state index in [-0.39, 0.29) is 11.6 Å². The molecule has 0 aromatic carbocycles. The van der Waals surface area contributed by atoms with E-state index in [2.05, 4.69) is 6.92 Å². The van der Waals surface area contributed by atoms with Crippen LogP contribution >= 0.6 is 0 Å². The van der Waals surface area contributed by atoms with Crippen molar-refractivity contribution in [2.45, 2.75) is 89.6 Å². The molecular formula is C18H34O4. The third-order valence-electron chi connectivity index (χ3n) is 4.68. The van der Waals surface area contributed by atoms with Crippen LogP contribution in [0.25, 0.3) is 0 Å². The first kappa shape index (κ1) is 18.2. The van der Waals surface area contributed by atoms with Crippen molar-refractivity contribution in [1.29, 1.82) is 0 Å². The van der Waals surface area contributed by atoms with E-state index in [4.69, 9.17) is 18.9 Å². The molecule has 0 aromatic rings. The molecule has 0 radical (unpaired) electrons. The molecule has 130 valence electrons. The van der Waals surface area contributed by atoms with E-state index in [1.54, 1.807) is 0 Å². The Kier molecular flexibility index (Phi) is 7.61. The zero-order valence-electron chi connectivity index (χ0n) is 14.5. The predicted molar refractivity (Wildman–Crippen MR) is 86.8 cm³/mol. The van der Waals surface area contributed by atoms with Crippen LogP contribution < -0.4 is 0 Å². The Morgan fingerprint density at radius 1 is 0.773 bits per heavy atom. The Balaban J connectivity index is 0.000000160. The van der Waals surface area contributed by atoms with E-state index in [9.17, 15) is 0 Å². The Bertz CT molecular complexity index is 268. The number of hydrogen-bond donors (Lipinski definition) is 0. The van der Waals surface area contributed by atoms with Gasteiger partial charge in [0.1, 0.15) is 0 Å². The van der Waals surface area contributed by atoms with E-state index in [1.807, 2.05) is 6.92 Å². The minimum absolute atomic E-state index is 0.142. The highest BCUT2D eigenvalue weighted by Gasteiger charge is 2.35. The zero-order chi connectivity index (χ0) is 15.7. The van der Waals surface area contributed by atoms with Crippen molar-refractivity contribution < 1.29 is 18.9 Å². The van der Waals surface area contributed by atoms with Gasteiger partial charge in [0.2, 0.25) is 0 Å². The average Bonchev–Trinajstić information content (AvgIpc) is 2.56. The van der Waals surface area contributed by atoms with Gasteiger partial charge in [0, 0.05) is 25.9 Å². The summed E-state index contributed by atoms with van der Waals surface area (Å²) >= 11 is 0. The van der Waals surface area contributed by atoms with Gasteiger partial charge in [-0.2, -0.15) is 0 Å². The molecule has 3 aliphatic heterocycles. The topological polar surface area (TPSA) is 36.9 Å². The van der Waals surface area contributed by atoms with E-state index < -0.39 is 0 Å². The fraction of sp³-hybridized carbons (Fsp3) is 1.00. The molecule has 3 aliphatic rings. The summed E-state index contributed by atoms with van der Waals surface area (Å²) in [6.07, 6.45) is 11.8. The average molecular weight is 314 g/mol. The zero-order valence-corrected chi connectivity index (χ0v) is 14.5. The summed E-state index contributed by atoms with van der Waals surface area (Å²) in [6, 6.07) is 0. The molecule has 22 heavy (non-hydrogen) atoms. The van der Waals surface area contributed by atoms with Crippen LogP contribution in [0.2, 0.25) is 0 Å². The fourth-order valence-corrected chi connectivity index (χ4v) is 3.30. The molecule has 4 nitrogen and oxygen atoms in total. The molecule has 1 unspecified atom stereocenters. The molecule has 0 amide bonds. The quantitative estimate of drug-likeness (QED) is 0.773. The maximum atomic E-state index is 5.68. The van der Waals surface area contributed by atoms with Gasteiger partial charge in [0.05, 0.1) is 19.8 Å². The van der Waals surface area contributed by atoms with Crippen LogP contribution in [-0.2, 0) is 18.9 Å². The molecule has 3 saturated heterocycles. The first-order valence-corrected chi connectivity index (χ1v) is 9.24. The lowest BCUT2D eigenvalue weighted by Gasteiger charge is -2.39. The molecule has 3 fully saturated rings. The molecule has 3 rings (SSSR count). The van der Waals surface area contributed by atoms with Gasteiger partial charge in [-0.25, -0.2) is 0 Å². The summed E-state index contributed by atoms with van der Waals surface area (Å²) in [4.78, 5) is 0. The lowest BCUT2D eigenvalue weighted by atomic mass is 9.97. The summed E-state index contributed by atoms with van der Waals surface area (Å²) < 4.78 is 22.5. The minimum atomic E-state index is -0.270. The van der Waals surface area contributed by atoms with Gasteiger partial charge < -0.3 is 18.9 Å². The van der Waals surface area contributed by atoms with E-state index in [1.165, 1.54) is 38.5 Å². The molecule has 1 spiro atoms. The molecule has 0 saturated carbocycles. The number of rotatable bonds is 3. The Morgan fingerprint density at radius 3 is 1.73 bits per heavy atom. The second-order valence-corrected chi connectivity index (χ2v) is 6.81. The first-order chi connectivity index (χ1) is 10.7. The monoisotopic (exact) mass is 314 g/mol. The normalized spacial score (nSPS) is 31.4. The van der Waals surface area contributed by atoms with Gasteiger partial charge >= 0.3 is 0 Å². The molecule has 0 aliphatic carbocycles. The lowest BCUT2D eigenvalue weighted by molar-refractivity contribution is -0.272. The highest BCUT2D eigenvalue weighted by Crippen LogP contribution is 2.34. The van der Waals surface area contributed by atoms with Crippen molar-refractivity contribution in [3.8, 4) is 0 Å². The standard InChI is InChI=1S/C9H16O2.C9H18O2/c1-3-7-10-9(5-1)6-2-4-8-11-9;1-3-7-10-9(2)6-4-5-8-11-9/h1-8H2;3-8H2,1-2H3. The summed E-state index contributed by atoms with van der Waals surface area (Å²) in [5, 5.41) is 0. The fourth-order valence-electron chi connectivity index (χ4n) is 3.30. The minimum Gasteiger partial charge on any atom is -0.350 e. The molecule has 0 N–H and O–H groups in total. The Morgan fingerprint density at radius 2 is 1.32 bits per heavy atom. The predicted octanol–water partition coefficient (Wildman–Crippen LogP) is 4.41. The Labute approximate surface area is 135 Å². The van der Waals surface area contributed by atoms with Crippen LogP contribution in [0.3, 0.4) is 0 Å². The van der Waals surface area contributed by atoms with Gasteiger partial charge in [-0.15, -0.1) is 0 Å². The van der Waals surface area contributed by atoms with E-state index in [0.717, 1.165) is 52.1 Å². The summed E-state index contributed by atoms with van der Waals surface area (Å²) in [6.45, 7) is 7.64. The van der Waals surface area contributed by atoms with Gasteiger partial charge in [0.15, 0.2) is 11.6 Å². The van der Waals surface area contributed by atoms with Crippen LogP contribution in [0.4, 0.5) is 0 Å². The van der Waals surface area contributed by atoms with Crippen LogP contribution in [0.1, 0.15) is 78.1 Å². The smallest absolute Gasteiger partial charge is 0.168 e. The SMILES string of the molecule is C1CCC2(CCCCO2)OC1.CCCOC1(C)CCCCO1. The third kappa shape index (κ3) is 5.80. The number of ether oxygens (including phenoxy) is 4. The van der Waals surface area contributed by atoms with E-state index >= 15 is 0 Å². The van der Waals surface area contributed by atoms with Crippen molar-refractivity contribution in [3.05, 3.63) is 0 Å². The second-order valence-electron chi connectivity index (χ2n) is 6.81. The van der Waals surface area contributed by atoms with Crippen molar-refractivity contribution in [1.82, 2.24) is 0 Å². The maximum Gasteiger partial charge on any atom is 0.168 e. The molecule has 1 atom stereocenters. The number of hydrogen-bond acceptors (Lipinski definition) is 4. The van der Waals surface area contributed by atoms with Crippen molar-refractivity contribution in [2.24, 2.45) is 0 Å². The van der Waals surface area contributed by atoms with Crippen molar-refractivity contribution >= 4 is 0 Å². The summed E-state index contributed by atoms with van der Waals surface area (Å²) in [5.74, 6) is -0.412.